The van der Waals surface area contributed by atoms with Crippen LogP contribution < -0.4 is 0 Å². The maximum Gasteiger partial charge on any atom is 0.0732 e. The predicted octanol–water partition coefficient (Wildman–Crippen LogP) is 4.75. The van der Waals surface area contributed by atoms with Gasteiger partial charge in [-0.1, -0.05) is 31.0 Å². The quantitative estimate of drug-likeness (QED) is 0.419. The first-order valence-electron chi connectivity index (χ1n) is 6.21. The van der Waals surface area contributed by atoms with E-state index in [9.17, 15) is 0 Å². The monoisotopic (exact) mass is 265 g/mol. The van der Waals surface area contributed by atoms with Gasteiger partial charge < -0.3 is 4.98 Å². The second kappa shape index (κ2) is 7.02. The molecule has 0 aliphatic rings. The van der Waals surface area contributed by atoms with E-state index in [1.807, 2.05) is 11.8 Å². The molecule has 2 aromatic rings. The first kappa shape index (κ1) is 12.9. The van der Waals surface area contributed by atoms with Gasteiger partial charge in [0.25, 0.3) is 0 Å². The zero-order valence-corrected chi connectivity index (χ0v) is 11.7. The fourth-order valence-corrected chi connectivity index (χ4v) is 3.06. The number of unbranched alkanes of at least 4 members (excludes halogenated alkanes) is 3. The molecule has 0 saturated carbocycles. The number of thioether (sulfide) groups is 1. The lowest BCUT2D eigenvalue weighted by molar-refractivity contribution is 0.712. The molecule has 1 heterocycles. The van der Waals surface area contributed by atoms with Gasteiger partial charge in [-0.2, -0.15) is 12.6 Å². The standard InChI is InChI=1S/C14H19NS2/c16-9-5-1-2-6-10-17-14-11-12-7-3-4-8-13(12)15-14/h3-4,7-8,11,15-16H,1-2,5-6,9-10H2. The van der Waals surface area contributed by atoms with Crippen molar-refractivity contribution in [1.82, 2.24) is 4.98 Å². The number of aromatic amines is 1. The molecule has 0 radical (unpaired) electrons. The highest BCUT2D eigenvalue weighted by Crippen LogP contribution is 2.24. The third-order valence-corrected chi connectivity index (χ3v) is 4.16. The number of benzene rings is 1. The molecule has 1 nitrogen and oxygen atoms in total. The number of fused-ring (bicyclic) bond motifs is 1. The van der Waals surface area contributed by atoms with E-state index in [1.54, 1.807) is 0 Å². The lowest BCUT2D eigenvalue weighted by Crippen LogP contribution is -1.82. The first-order valence-corrected chi connectivity index (χ1v) is 7.83. The van der Waals surface area contributed by atoms with Crippen LogP contribution in [0.1, 0.15) is 25.7 Å². The van der Waals surface area contributed by atoms with E-state index in [2.05, 4.69) is 47.9 Å². The minimum absolute atomic E-state index is 1.02. The SMILES string of the molecule is SCCCCCCSc1cc2ccccc2[nH]1. The van der Waals surface area contributed by atoms with Crippen molar-refractivity contribution in [2.45, 2.75) is 30.7 Å². The normalized spacial score (nSPS) is 11.1. The van der Waals surface area contributed by atoms with Crippen LogP contribution in [0.15, 0.2) is 35.4 Å². The van der Waals surface area contributed by atoms with Crippen LogP contribution in [0.2, 0.25) is 0 Å². The summed E-state index contributed by atoms with van der Waals surface area (Å²) in [6, 6.07) is 10.7. The maximum atomic E-state index is 4.22. The average Bonchev–Trinajstić information content (AvgIpc) is 2.76. The van der Waals surface area contributed by atoms with Crippen molar-refractivity contribution >= 4 is 35.3 Å². The Morgan fingerprint density at radius 3 is 2.71 bits per heavy atom. The van der Waals surface area contributed by atoms with Gasteiger partial charge in [0, 0.05) is 10.9 Å². The van der Waals surface area contributed by atoms with E-state index in [-0.39, 0.29) is 0 Å². The fraction of sp³-hybridized carbons (Fsp3) is 0.429. The summed E-state index contributed by atoms with van der Waals surface area (Å²) in [6.45, 7) is 0. The van der Waals surface area contributed by atoms with Crippen LogP contribution in [-0.2, 0) is 0 Å². The number of aromatic nitrogens is 1. The summed E-state index contributed by atoms with van der Waals surface area (Å²) in [4.78, 5) is 3.45. The Kier molecular flexibility index (Phi) is 5.33. The van der Waals surface area contributed by atoms with E-state index >= 15 is 0 Å². The number of para-hydroxylation sites is 1. The number of hydrogen-bond donors (Lipinski definition) is 2. The van der Waals surface area contributed by atoms with Gasteiger partial charge >= 0.3 is 0 Å². The lowest BCUT2D eigenvalue weighted by Gasteiger charge is -1.99. The molecular formula is C14H19NS2. The summed E-state index contributed by atoms with van der Waals surface area (Å²) >= 11 is 6.15. The van der Waals surface area contributed by atoms with Crippen molar-refractivity contribution in [1.29, 1.82) is 0 Å². The highest BCUT2D eigenvalue weighted by Gasteiger charge is 2.00. The Morgan fingerprint density at radius 2 is 1.88 bits per heavy atom. The van der Waals surface area contributed by atoms with Gasteiger partial charge in [-0.3, -0.25) is 0 Å². The molecule has 1 aromatic heterocycles. The molecule has 0 amide bonds. The van der Waals surface area contributed by atoms with Crippen LogP contribution >= 0.6 is 24.4 Å². The van der Waals surface area contributed by atoms with Crippen molar-refractivity contribution in [2.75, 3.05) is 11.5 Å². The van der Waals surface area contributed by atoms with E-state index in [4.69, 9.17) is 0 Å². The zero-order valence-electron chi connectivity index (χ0n) is 9.98. The van der Waals surface area contributed by atoms with Crippen LogP contribution in [0.4, 0.5) is 0 Å². The molecule has 0 bridgehead atoms. The topological polar surface area (TPSA) is 15.8 Å². The van der Waals surface area contributed by atoms with E-state index in [1.165, 1.54) is 47.4 Å². The summed E-state index contributed by atoms with van der Waals surface area (Å²) in [5.74, 6) is 2.23. The molecule has 1 N–H and O–H groups in total. The Bertz CT molecular complexity index is 417. The Hall–Kier alpha value is -0.540. The van der Waals surface area contributed by atoms with Crippen LogP contribution in [0.25, 0.3) is 10.9 Å². The highest BCUT2D eigenvalue weighted by atomic mass is 32.2. The molecule has 92 valence electrons. The largest absolute Gasteiger partial charge is 0.350 e. The number of rotatable bonds is 7. The molecule has 0 atom stereocenters. The zero-order chi connectivity index (χ0) is 11.9. The van der Waals surface area contributed by atoms with Crippen molar-refractivity contribution in [3.05, 3.63) is 30.3 Å². The van der Waals surface area contributed by atoms with Gasteiger partial charge in [0.05, 0.1) is 5.03 Å². The Morgan fingerprint density at radius 1 is 1.06 bits per heavy atom. The molecule has 0 aliphatic carbocycles. The molecule has 0 spiro atoms. The van der Waals surface area contributed by atoms with Crippen molar-refractivity contribution in [3.8, 4) is 0 Å². The van der Waals surface area contributed by atoms with Gasteiger partial charge in [0.15, 0.2) is 0 Å². The van der Waals surface area contributed by atoms with Gasteiger partial charge in [-0.05, 0) is 36.5 Å². The summed E-state index contributed by atoms with van der Waals surface area (Å²) in [5, 5.41) is 2.60. The molecule has 0 saturated heterocycles. The Balaban J connectivity index is 1.75. The summed E-state index contributed by atoms with van der Waals surface area (Å²) < 4.78 is 0. The molecule has 3 heteroatoms. The second-order valence-electron chi connectivity index (χ2n) is 4.21. The van der Waals surface area contributed by atoms with Crippen LogP contribution in [0, 0.1) is 0 Å². The van der Waals surface area contributed by atoms with E-state index in [0.29, 0.717) is 0 Å². The average molecular weight is 265 g/mol. The fourth-order valence-electron chi connectivity index (χ4n) is 1.87. The molecule has 0 unspecified atom stereocenters. The molecule has 1 aromatic carbocycles. The summed E-state index contributed by atoms with van der Waals surface area (Å²) in [5.41, 5.74) is 1.24. The molecule has 0 aliphatic heterocycles. The third kappa shape index (κ3) is 4.00. The minimum atomic E-state index is 1.02. The molecule has 0 fully saturated rings. The highest BCUT2D eigenvalue weighted by molar-refractivity contribution is 7.99. The van der Waals surface area contributed by atoms with Crippen LogP contribution in [-0.4, -0.2) is 16.5 Å². The maximum absolute atomic E-state index is 4.22. The molecule has 2 rings (SSSR count). The predicted molar refractivity (Wildman–Crippen MR) is 81.3 cm³/mol. The van der Waals surface area contributed by atoms with Crippen molar-refractivity contribution < 1.29 is 0 Å². The van der Waals surface area contributed by atoms with Gasteiger partial charge in [-0.25, -0.2) is 0 Å². The van der Waals surface area contributed by atoms with Crippen molar-refractivity contribution in [2.24, 2.45) is 0 Å². The van der Waals surface area contributed by atoms with Gasteiger partial charge in [0.2, 0.25) is 0 Å². The number of nitrogens with one attached hydrogen (secondary N) is 1. The first-order chi connectivity index (χ1) is 8.40. The number of thiol groups is 1. The van der Waals surface area contributed by atoms with Gasteiger partial charge in [-0.15, -0.1) is 11.8 Å². The Labute approximate surface area is 113 Å². The van der Waals surface area contributed by atoms with Crippen molar-refractivity contribution in [3.63, 3.8) is 0 Å². The molecule has 17 heavy (non-hydrogen) atoms. The smallest absolute Gasteiger partial charge is 0.0732 e. The number of H-pyrrole nitrogens is 1. The summed E-state index contributed by atoms with van der Waals surface area (Å²) in [6.07, 6.45) is 5.19. The minimum Gasteiger partial charge on any atom is -0.350 e. The number of hydrogen-bond acceptors (Lipinski definition) is 2. The third-order valence-electron chi connectivity index (χ3n) is 2.82. The lowest BCUT2D eigenvalue weighted by atomic mass is 10.2. The van der Waals surface area contributed by atoms with Crippen LogP contribution in [0.5, 0.6) is 0 Å². The van der Waals surface area contributed by atoms with Crippen LogP contribution in [0.3, 0.4) is 0 Å². The molecular weight excluding hydrogens is 246 g/mol. The van der Waals surface area contributed by atoms with E-state index < -0.39 is 0 Å². The summed E-state index contributed by atoms with van der Waals surface area (Å²) in [7, 11) is 0. The van der Waals surface area contributed by atoms with Gasteiger partial charge in [0.1, 0.15) is 0 Å². The second-order valence-corrected chi connectivity index (χ2v) is 5.79. The van der Waals surface area contributed by atoms with E-state index in [0.717, 1.165) is 5.75 Å².